The fourth-order valence-corrected chi connectivity index (χ4v) is 1.80. The molecule has 94 valence electrons. The van der Waals surface area contributed by atoms with E-state index < -0.39 is 0 Å². The lowest BCUT2D eigenvalue weighted by Crippen LogP contribution is -2.31. The smallest absolute Gasteiger partial charge is 0.253 e. The Morgan fingerprint density at radius 1 is 1.22 bits per heavy atom. The summed E-state index contributed by atoms with van der Waals surface area (Å²) in [6.07, 6.45) is 3.94. The van der Waals surface area contributed by atoms with Gasteiger partial charge in [0, 0.05) is 43.8 Å². The van der Waals surface area contributed by atoms with Gasteiger partial charge in [0.15, 0.2) is 0 Å². The number of benzene rings is 1. The van der Waals surface area contributed by atoms with Crippen molar-refractivity contribution in [1.82, 2.24) is 9.47 Å². The SMILES string of the molecule is CN(CCN)C(=O)c1ccc(-n2cccc2)cc1. The maximum Gasteiger partial charge on any atom is 0.253 e. The normalized spacial score (nSPS) is 10.3. The number of hydrogen-bond acceptors (Lipinski definition) is 2. The topological polar surface area (TPSA) is 51.3 Å². The molecule has 0 saturated carbocycles. The molecular formula is C14H17N3O. The van der Waals surface area contributed by atoms with Gasteiger partial charge in [0.1, 0.15) is 0 Å². The maximum absolute atomic E-state index is 12.0. The Labute approximate surface area is 107 Å². The van der Waals surface area contributed by atoms with Crippen LogP contribution < -0.4 is 5.73 Å². The molecule has 1 amide bonds. The van der Waals surface area contributed by atoms with Gasteiger partial charge in [-0.25, -0.2) is 0 Å². The Kier molecular flexibility index (Phi) is 3.79. The first kappa shape index (κ1) is 12.4. The van der Waals surface area contributed by atoms with Gasteiger partial charge in [-0.15, -0.1) is 0 Å². The van der Waals surface area contributed by atoms with Crippen LogP contribution in [0, 0.1) is 0 Å². The van der Waals surface area contributed by atoms with Gasteiger partial charge in [0.25, 0.3) is 5.91 Å². The minimum absolute atomic E-state index is 0.000457. The molecule has 0 aliphatic carbocycles. The van der Waals surface area contributed by atoms with Crippen molar-refractivity contribution in [2.24, 2.45) is 5.73 Å². The molecule has 18 heavy (non-hydrogen) atoms. The van der Waals surface area contributed by atoms with Crippen molar-refractivity contribution in [3.63, 3.8) is 0 Å². The monoisotopic (exact) mass is 243 g/mol. The zero-order chi connectivity index (χ0) is 13.0. The third-order valence-electron chi connectivity index (χ3n) is 2.83. The van der Waals surface area contributed by atoms with Crippen molar-refractivity contribution >= 4 is 5.91 Å². The van der Waals surface area contributed by atoms with Crippen LogP contribution in [0.4, 0.5) is 0 Å². The summed E-state index contributed by atoms with van der Waals surface area (Å²) in [4.78, 5) is 13.6. The lowest BCUT2D eigenvalue weighted by Gasteiger charge is -2.16. The Morgan fingerprint density at radius 2 is 1.83 bits per heavy atom. The first-order chi connectivity index (χ1) is 8.72. The molecule has 4 nitrogen and oxygen atoms in total. The summed E-state index contributed by atoms with van der Waals surface area (Å²) in [5.74, 6) is -0.000457. The lowest BCUT2D eigenvalue weighted by atomic mass is 10.2. The highest BCUT2D eigenvalue weighted by atomic mass is 16.2. The van der Waals surface area contributed by atoms with Gasteiger partial charge in [0.05, 0.1) is 0 Å². The van der Waals surface area contributed by atoms with E-state index in [9.17, 15) is 4.79 Å². The number of amides is 1. The highest BCUT2D eigenvalue weighted by Gasteiger charge is 2.10. The fourth-order valence-electron chi connectivity index (χ4n) is 1.80. The number of carbonyl (C=O) groups excluding carboxylic acids is 1. The van der Waals surface area contributed by atoms with E-state index in [-0.39, 0.29) is 5.91 Å². The number of carbonyl (C=O) groups is 1. The van der Waals surface area contributed by atoms with Crippen LogP contribution in [-0.4, -0.2) is 35.5 Å². The molecule has 2 rings (SSSR count). The van der Waals surface area contributed by atoms with Crippen LogP contribution >= 0.6 is 0 Å². The number of hydrogen-bond donors (Lipinski definition) is 1. The van der Waals surface area contributed by atoms with Crippen LogP contribution in [0.3, 0.4) is 0 Å². The average Bonchev–Trinajstić information content (AvgIpc) is 2.92. The summed E-state index contributed by atoms with van der Waals surface area (Å²) in [6.45, 7) is 1.04. The molecule has 0 atom stereocenters. The molecule has 0 bridgehead atoms. The van der Waals surface area contributed by atoms with Crippen molar-refractivity contribution < 1.29 is 4.79 Å². The number of aromatic nitrogens is 1. The van der Waals surface area contributed by atoms with E-state index in [4.69, 9.17) is 5.73 Å². The standard InChI is InChI=1S/C14H17N3O/c1-16(11-8-15)14(18)12-4-6-13(7-5-12)17-9-2-3-10-17/h2-7,9-10H,8,11,15H2,1H3. The van der Waals surface area contributed by atoms with Gasteiger partial charge in [-0.05, 0) is 36.4 Å². The molecule has 0 aliphatic rings. The van der Waals surface area contributed by atoms with Gasteiger partial charge in [-0.2, -0.15) is 0 Å². The zero-order valence-electron chi connectivity index (χ0n) is 10.4. The van der Waals surface area contributed by atoms with Gasteiger partial charge in [-0.3, -0.25) is 4.79 Å². The van der Waals surface area contributed by atoms with E-state index in [1.807, 2.05) is 53.4 Å². The summed E-state index contributed by atoms with van der Waals surface area (Å²) < 4.78 is 2.00. The van der Waals surface area contributed by atoms with Crippen LogP contribution in [0.15, 0.2) is 48.8 Å². The Balaban J connectivity index is 2.15. The van der Waals surface area contributed by atoms with Crippen molar-refractivity contribution in [3.05, 3.63) is 54.4 Å². The molecule has 0 fully saturated rings. The van der Waals surface area contributed by atoms with Crippen molar-refractivity contribution in [2.45, 2.75) is 0 Å². The molecule has 0 saturated heterocycles. The maximum atomic E-state index is 12.0. The molecule has 2 aromatic rings. The molecular weight excluding hydrogens is 226 g/mol. The van der Waals surface area contributed by atoms with E-state index >= 15 is 0 Å². The highest BCUT2D eigenvalue weighted by molar-refractivity contribution is 5.94. The predicted molar refractivity (Wildman–Crippen MR) is 71.8 cm³/mol. The molecule has 0 spiro atoms. The molecule has 2 N–H and O–H groups in total. The Bertz CT molecular complexity index is 502. The molecule has 4 heteroatoms. The molecule has 1 heterocycles. The zero-order valence-corrected chi connectivity index (χ0v) is 10.4. The van der Waals surface area contributed by atoms with Crippen LogP contribution in [0.2, 0.25) is 0 Å². The van der Waals surface area contributed by atoms with Gasteiger partial charge >= 0.3 is 0 Å². The number of nitrogens with two attached hydrogens (primary N) is 1. The number of rotatable bonds is 4. The van der Waals surface area contributed by atoms with E-state index in [2.05, 4.69) is 0 Å². The first-order valence-corrected chi connectivity index (χ1v) is 5.91. The van der Waals surface area contributed by atoms with Crippen molar-refractivity contribution in [2.75, 3.05) is 20.1 Å². The number of likely N-dealkylation sites (N-methyl/N-ethyl adjacent to an activating group) is 1. The number of nitrogens with zero attached hydrogens (tertiary/aromatic N) is 2. The van der Waals surface area contributed by atoms with Gasteiger partial charge < -0.3 is 15.2 Å². The van der Waals surface area contributed by atoms with Gasteiger partial charge in [0.2, 0.25) is 0 Å². The summed E-state index contributed by atoms with van der Waals surface area (Å²) in [7, 11) is 1.76. The van der Waals surface area contributed by atoms with Crippen LogP contribution in [0.25, 0.3) is 5.69 Å². The van der Waals surface area contributed by atoms with Crippen LogP contribution in [-0.2, 0) is 0 Å². The average molecular weight is 243 g/mol. The second kappa shape index (κ2) is 5.51. The van der Waals surface area contributed by atoms with Crippen LogP contribution in [0.5, 0.6) is 0 Å². The Hall–Kier alpha value is -2.07. The van der Waals surface area contributed by atoms with Crippen molar-refractivity contribution in [3.8, 4) is 5.69 Å². The molecule has 1 aromatic heterocycles. The molecule has 0 unspecified atom stereocenters. The van der Waals surface area contributed by atoms with Crippen molar-refractivity contribution in [1.29, 1.82) is 0 Å². The lowest BCUT2D eigenvalue weighted by molar-refractivity contribution is 0.0799. The predicted octanol–water partition coefficient (Wildman–Crippen LogP) is 1.51. The molecule has 0 radical (unpaired) electrons. The summed E-state index contributed by atoms with van der Waals surface area (Å²) in [5.41, 5.74) is 7.16. The third kappa shape index (κ3) is 2.60. The Morgan fingerprint density at radius 3 is 2.39 bits per heavy atom. The minimum atomic E-state index is -0.000457. The van der Waals surface area contributed by atoms with Crippen LogP contribution in [0.1, 0.15) is 10.4 Å². The highest BCUT2D eigenvalue weighted by Crippen LogP contribution is 2.11. The largest absolute Gasteiger partial charge is 0.340 e. The van der Waals surface area contributed by atoms with E-state index in [1.165, 1.54) is 0 Å². The van der Waals surface area contributed by atoms with E-state index in [0.29, 0.717) is 18.7 Å². The molecule has 1 aromatic carbocycles. The minimum Gasteiger partial charge on any atom is -0.340 e. The fraction of sp³-hybridized carbons (Fsp3) is 0.214. The summed E-state index contributed by atoms with van der Waals surface area (Å²) in [6, 6.07) is 11.5. The summed E-state index contributed by atoms with van der Waals surface area (Å²) in [5, 5.41) is 0. The van der Waals surface area contributed by atoms with Gasteiger partial charge in [-0.1, -0.05) is 0 Å². The third-order valence-corrected chi connectivity index (χ3v) is 2.83. The molecule has 0 aliphatic heterocycles. The first-order valence-electron chi connectivity index (χ1n) is 5.91. The second-order valence-electron chi connectivity index (χ2n) is 4.15. The second-order valence-corrected chi connectivity index (χ2v) is 4.15. The quantitative estimate of drug-likeness (QED) is 0.885. The summed E-state index contributed by atoms with van der Waals surface area (Å²) >= 11 is 0. The van der Waals surface area contributed by atoms with E-state index in [0.717, 1.165) is 5.69 Å². The van der Waals surface area contributed by atoms with E-state index in [1.54, 1.807) is 11.9 Å².